The van der Waals surface area contributed by atoms with Crippen LogP contribution in [0.1, 0.15) is 77.9 Å². The van der Waals surface area contributed by atoms with Crippen molar-refractivity contribution in [2.75, 3.05) is 9.80 Å². The van der Waals surface area contributed by atoms with E-state index >= 15 is 8.78 Å². The van der Waals surface area contributed by atoms with Crippen LogP contribution in [0.3, 0.4) is 0 Å². The van der Waals surface area contributed by atoms with Crippen LogP contribution in [-0.2, 0) is 16.2 Å². The first-order valence-corrected chi connectivity index (χ1v) is 41.6. The molecule has 1 spiro atoms. The molecule has 8 heteroatoms. The molecule has 0 fully saturated rings. The number of benzene rings is 18. The number of nitrogens with zero attached hydrogens (tertiary/aromatic N) is 2. The lowest BCUT2D eigenvalue weighted by Gasteiger charge is -2.35. The minimum Gasteiger partial charge on any atom is -0.457 e. The molecule has 0 aliphatic heterocycles. The maximum atomic E-state index is 16.5. The molecule has 20 aromatic rings. The van der Waals surface area contributed by atoms with Gasteiger partial charge in [-0.1, -0.05) is 256 Å². The van der Waals surface area contributed by atoms with E-state index in [2.05, 4.69) is 290 Å². The second-order valence-electron chi connectivity index (χ2n) is 32.4. The molecule has 6 nitrogen and oxygen atoms in total. The lowest BCUT2D eigenvalue weighted by atomic mass is 9.67. The quantitative estimate of drug-likeness (QED) is 0.0961. The van der Waals surface area contributed by atoms with E-state index in [-0.39, 0.29) is 11.6 Å². The fourth-order valence-electron chi connectivity index (χ4n) is 21.0. The monoisotopic (exact) mass is 1580 g/mol. The minimum atomic E-state index is -1.02. The van der Waals surface area contributed by atoms with Gasteiger partial charge in [0.2, 0.25) is 0 Å². The van der Waals surface area contributed by atoms with Crippen LogP contribution in [0.5, 0.6) is 23.0 Å². The molecule has 18 aromatic carbocycles. The van der Waals surface area contributed by atoms with E-state index in [4.69, 9.17) is 18.3 Å². The Morgan fingerprint density at radius 3 is 0.862 bits per heavy atom. The summed E-state index contributed by atoms with van der Waals surface area (Å²) in [6.45, 7) is 7.91. The van der Waals surface area contributed by atoms with Crippen molar-refractivity contribution in [3.63, 3.8) is 0 Å². The molecule has 0 amide bonds. The van der Waals surface area contributed by atoms with Gasteiger partial charge in [-0.25, -0.2) is 8.78 Å². The summed E-state index contributed by atoms with van der Waals surface area (Å²) in [5, 5.41) is 3.98. The van der Waals surface area contributed by atoms with Crippen molar-refractivity contribution >= 4 is 90.2 Å². The van der Waals surface area contributed by atoms with Crippen molar-refractivity contribution in [1.29, 1.82) is 0 Å². The third kappa shape index (κ3) is 10.7. The maximum absolute atomic E-state index is 16.5. The van der Waals surface area contributed by atoms with Crippen LogP contribution in [0.4, 0.5) is 42.9 Å². The number of para-hydroxylation sites is 2. The number of hydrogen-bond donors (Lipinski definition) is 0. The number of anilines is 6. The normalized spacial score (nSPS) is 15.9. The molecule has 2 aromatic heterocycles. The zero-order valence-electron chi connectivity index (χ0n) is 66.5. The molecule has 0 saturated carbocycles. The summed E-state index contributed by atoms with van der Waals surface area (Å²) in [5.41, 5.74) is 28.6. The van der Waals surface area contributed by atoms with Gasteiger partial charge in [0, 0.05) is 55.7 Å². The molecular formula is C115H72F2N2O4. The Balaban J connectivity index is 0.717. The van der Waals surface area contributed by atoms with Crippen LogP contribution in [0.2, 0.25) is 0 Å². The molecule has 0 saturated heterocycles. The maximum Gasteiger partial charge on any atom is 0.135 e. The molecule has 0 N–H and O–H groups in total. The van der Waals surface area contributed by atoms with Gasteiger partial charge in [-0.05, 0) is 292 Å². The number of furan rings is 2. The largest absolute Gasteiger partial charge is 0.457 e. The minimum absolute atomic E-state index is 0.331. The number of fused-ring (bicyclic) bond motifs is 22. The Labute approximate surface area is 709 Å². The highest BCUT2D eigenvalue weighted by Crippen LogP contribution is 2.66. The second kappa shape index (κ2) is 27.6. The molecule has 2 atom stereocenters. The SMILES string of the molecule is C=Cc1ccc(Oc2ccc(C3(c4cccc(F)c4)c4ccccc4-c4ccc(N(c5ccc6c(c5)C5(c7ccccc7-6)c6ccccc6-c6ccc(N(c7ccc8c(c7)C(c7ccc(Oc9ccc(C=C)cc9)cc7)(c7cccc(F)c7)c7ccccc7-8)c7ccc8oc9ccccc9c8c7)cc65)c5ccc6oc7ccccc7c6c5)cc43)cc2)cc1. The van der Waals surface area contributed by atoms with Crippen molar-refractivity contribution < 1.29 is 27.1 Å². The van der Waals surface area contributed by atoms with E-state index in [0.717, 1.165) is 189 Å². The Morgan fingerprint density at radius 1 is 0.228 bits per heavy atom. The molecule has 4 aliphatic carbocycles. The highest BCUT2D eigenvalue weighted by atomic mass is 19.1. The number of hydrogen-bond acceptors (Lipinski definition) is 6. The predicted molar refractivity (Wildman–Crippen MR) is 494 cm³/mol. The van der Waals surface area contributed by atoms with E-state index in [1.165, 1.54) is 23.3 Å². The van der Waals surface area contributed by atoms with Crippen LogP contribution in [0.25, 0.3) is 101 Å². The first-order chi connectivity index (χ1) is 60.6. The average Bonchev–Trinajstić information content (AvgIpc) is 1.48. The van der Waals surface area contributed by atoms with E-state index < -0.39 is 16.2 Å². The summed E-state index contributed by atoms with van der Waals surface area (Å²) in [6.07, 6.45) is 3.64. The van der Waals surface area contributed by atoms with Gasteiger partial charge in [0.25, 0.3) is 0 Å². The Bertz CT molecular complexity index is 7330. The lowest BCUT2D eigenvalue weighted by Crippen LogP contribution is -2.29. The van der Waals surface area contributed by atoms with Crippen molar-refractivity contribution in [3.05, 3.63) is 503 Å². The van der Waals surface area contributed by atoms with E-state index in [9.17, 15) is 0 Å². The van der Waals surface area contributed by atoms with E-state index in [0.29, 0.717) is 23.0 Å². The van der Waals surface area contributed by atoms with Gasteiger partial charge in [-0.3, -0.25) is 0 Å². The van der Waals surface area contributed by atoms with Crippen LogP contribution in [0.15, 0.2) is 422 Å². The fraction of sp³-hybridized carbons (Fsp3) is 0.0261. The van der Waals surface area contributed by atoms with Crippen LogP contribution < -0.4 is 19.3 Å². The fourth-order valence-corrected chi connectivity index (χ4v) is 21.0. The van der Waals surface area contributed by atoms with Gasteiger partial charge in [0.1, 0.15) is 57.0 Å². The highest BCUT2D eigenvalue weighted by molar-refractivity contribution is 6.09. The molecule has 2 heterocycles. The standard InChI is InChI=1S/C115H72F2N2O4/c1-3-71-35-49-85(50-36-71)120-87-53-39-73(40-54-87)113(75-19-17-21-77(116)63-75)101-29-11-5-23-89(101)93-57-43-81(67-105(93)113)118(79-47-61-111-99(65-79)97-27-9-15-33-109(97)122-111)83-45-59-95-91-25-7-13-31-103(91)115(107(95)69-83)104-32-14-8-26-92(104)96-60-46-84(70-108(96)115)119(80-48-62-112-100(66-80)98-28-10-16-34-110(98)123-112)82-44-58-94-90-24-6-12-30-102(90)114(106(94)68-82,76-20-18-22-78(117)64-76)74-41-55-88(56-42-74)121-86-51-37-72(4-2)38-52-86/h3-70H,1-2H2. The first-order valence-electron chi connectivity index (χ1n) is 41.6. The van der Waals surface area contributed by atoms with Crippen molar-refractivity contribution in [2.24, 2.45) is 0 Å². The van der Waals surface area contributed by atoms with Crippen molar-refractivity contribution in [3.8, 4) is 67.5 Å². The molecule has 2 unspecified atom stereocenters. The number of rotatable bonds is 16. The molecule has 580 valence electrons. The molecular weight excluding hydrogens is 1510 g/mol. The molecule has 4 aliphatic rings. The van der Waals surface area contributed by atoms with Gasteiger partial charge in [-0.15, -0.1) is 0 Å². The second-order valence-corrected chi connectivity index (χ2v) is 32.4. The highest BCUT2D eigenvalue weighted by Gasteiger charge is 2.54. The molecule has 0 radical (unpaired) electrons. The van der Waals surface area contributed by atoms with Gasteiger partial charge < -0.3 is 28.1 Å². The smallest absolute Gasteiger partial charge is 0.135 e. The summed E-state index contributed by atoms with van der Waals surface area (Å²) >= 11 is 0. The summed E-state index contributed by atoms with van der Waals surface area (Å²) in [4.78, 5) is 4.81. The van der Waals surface area contributed by atoms with Crippen molar-refractivity contribution in [2.45, 2.75) is 16.2 Å². The summed E-state index contributed by atoms with van der Waals surface area (Å²) < 4.78 is 59.4. The summed E-state index contributed by atoms with van der Waals surface area (Å²) in [5.74, 6) is 2.07. The zero-order chi connectivity index (χ0) is 81.8. The Hall–Kier alpha value is -15.9. The topological polar surface area (TPSA) is 51.2 Å². The van der Waals surface area contributed by atoms with Gasteiger partial charge in [-0.2, -0.15) is 0 Å². The predicted octanol–water partition coefficient (Wildman–Crippen LogP) is 30.6. The van der Waals surface area contributed by atoms with Crippen LogP contribution in [-0.4, -0.2) is 0 Å². The Morgan fingerprint density at radius 2 is 0.512 bits per heavy atom. The molecule has 0 bridgehead atoms. The van der Waals surface area contributed by atoms with Crippen molar-refractivity contribution in [1.82, 2.24) is 0 Å². The summed E-state index contributed by atoms with van der Waals surface area (Å²) in [6, 6.07) is 139. The number of halogens is 2. The van der Waals surface area contributed by atoms with Crippen LogP contribution >= 0.6 is 0 Å². The van der Waals surface area contributed by atoms with Gasteiger partial charge in [0.05, 0.1) is 16.2 Å². The summed E-state index contributed by atoms with van der Waals surface area (Å²) in [7, 11) is 0. The van der Waals surface area contributed by atoms with Crippen LogP contribution in [0, 0.1) is 11.6 Å². The third-order valence-electron chi connectivity index (χ3n) is 26.2. The zero-order valence-corrected chi connectivity index (χ0v) is 66.5. The molecule has 24 rings (SSSR count). The molecule has 123 heavy (non-hydrogen) atoms. The van der Waals surface area contributed by atoms with E-state index in [1.54, 1.807) is 12.1 Å². The third-order valence-corrected chi connectivity index (χ3v) is 26.2. The van der Waals surface area contributed by atoms with E-state index in [1.807, 2.05) is 121 Å². The lowest BCUT2D eigenvalue weighted by molar-refractivity contribution is 0.482. The first kappa shape index (κ1) is 71.2. The average molecular weight is 1580 g/mol. The van der Waals surface area contributed by atoms with Gasteiger partial charge >= 0.3 is 0 Å². The van der Waals surface area contributed by atoms with Gasteiger partial charge in [0.15, 0.2) is 0 Å². The number of ether oxygens (including phenoxy) is 2. The Kier molecular flexibility index (Phi) is 16.0.